The minimum absolute atomic E-state index is 0.164. The molecule has 1 aromatic heterocycles. The maximum atomic E-state index is 13.1. The molecule has 1 amide bonds. The minimum Gasteiger partial charge on any atom is -0.369 e. The SMILES string of the molecule is C[n+]1ccn([C@@H]2CC[C@H](C(C(N)=O)(c3ccccc3)c3ccccc3)C2)c1. The molecule has 0 radical (unpaired) electrons. The van der Waals surface area contributed by atoms with Gasteiger partial charge in [0.05, 0.1) is 7.05 Å². The van der Waals surface area contributed by atoms with Gasteiger partial charge in [0.25, 0.3) is 0 Å². The van der Waals surface area contributed by atoms with Crippen LogP contribution < -0.4 is 10.3 Å². The standard InChI is InChI=1S/C23H25N3O/c1-25-14-15-26(17-25)21-13-12-20(16-21)23(22(24)27,18-8-4-2-5-9-18)19-10-6-3-7-11-19/h2-11,14-15,17,20-21H,12-13,16H2,1H3,(H-,24,27)/p+1/t20-,21+/m0/s1. The average molecular weight is 360 g/mol. The molecule has 0 unspecified atom stereocenters. The fourth-order valence-electron chi connectivity index (χ4n) is 4.83. The van der Waals surface area contributed by atoms with Crippen molar-refractivity contribution in [2.45, 2.75) is 30.7 Å². The summed E-state index contributed by atoms with van der Waals surface area (Å²) in [6.07, 6.45) is 9.24. The summed E-state index contributed by atoms with van der Waals surface area (Å²) in [6.45, 7) is 0. The number of carbonyl (C=O) groups excluding carboxylic acids is 1. The van der Waals surface area contributed by atoms with Crippen LogP contribution in [0.1, 0.15) is 36.4 Å². The van der Waals surface area contributed by atoms with Crippen molar-refractivity contribution in [3.05, 3.63) is 90.5 Å². The maximum Gasteiger partial charge on any atom is 0.243 e. The molecule has 138 valence electrons. The van der Waals surface area contributed by atoms with Crippen LogP contribution in [0.4, 0.5) is 0 Å². The van der Waals surface area contributed by atoms with Crippen LogP contribution in [-0.4, -0.2) is 10.5 Å². The molecule has 1 heterocycles. The molecular formula is C23H26N3O+. The topological polar surface area (TPSA) is 51.9 Å². The fourth-order valence-corrected chi connectivity index (χ4v) is 4.83. The molecule has 1 aliphatic rings. The van der Waals surface area contributed by atoms with E-state index in [1.54, 1.807) is 0 Å². The lowest BCUT2D eigenvalue weighted by atomic mass is 9.64. The van der Waals surface area contributed by atoms with Crippen LogP contribution in [0.3, 0.4) is 0 Å². The summed E-state index contributed by atoms with van der Waals surface area (Å²) in [6, 6.07) is 20.5. The van der Waals surface area contributed by atoms with E-state index in [2.05, 4.69) is 27.9 Å². The summed E-state index contributed by atoms with van der Waals surface area (Å²) in [5.74, 6) is -0.0962. The monoisotopic (exact) mass is 360 g/mol. The molecule has 2 atom stereocenters. The lowest BCUT2D eigenvalue weighted by Gasteiger charge is -2.37. The number of hydrogen-bond acceptors (Lipinski definition) is 1. The molecule has 0 bridgehead atoms. The zero-order chi connectivity index (χ0) is 18.9. The van der Waals surface area contributed by atoms with Gasteiger partial charge in [0.15, 0.2) is 0 Å². The van der Waals surface area contributed by atoms with E-state index < -0.39 is 5.41 Å². The Morgan fingerprint density at radius 2 is 1.63 bits per heavy atom. The smallest absolute Gasteiger partial charge is 0.243 e. The second-order valence-corrected chi connectivity index (χ2v) is 7.59. The molecule has 0 saturated heterocycles. The van der Waals surface area contributed by atoms with Crippen molar-refractivity contribution >= 4 is 5.91 Å². The Balaban J connectivity index is 1.80. The van der Waals surface area contributed by atoms with Gasteiger partial charge in [-0.3, -0.25) is 4.79 Å². The van der Waals surface area contributed by atoms with Crippen molar-refractivity contribution in [3.63, 3.8) is 0 Å². The number of benzene rings is 2. The second-order valence-electron chi connectivity index (χ2n) is 7.59. The van der Waals surface area contributed by atoms with Crippen molar-refractivity contribution in [1.29, 1.82) is 0 Å². The third kappa shape index (κ3) is 2.95. The van der Waals surface area contributed by atoms with Crippen molar-refractivity contribution < 1.29 is 9.36 Å². The summed E-state index contributed by atoms with van der Waals surface area (Å²) >= 11 is 0. The highest BCUT2D eigenvalue weighted by Crippen LogP contribution is 2.49. The molecule has 0 aliphatic heterocycles. The molecule has 2 aromatic carbocycles. The number of nitrogens with two attached hydrogens (primary N) is 1. The molecule has 4 heteroatoms. The van der Waals surface area contributed by atoms with Crippen LogP contribution in [0.2, 0.25) is 0 Å². The van der Waals surface area contributed by atoms with Gasteiger partial charge >= 0.3 is 0 Å². The minimum atomic E-state index is -0.799. The lowest BCUT2D eigenvalue weighted by Crippen LogP contribution is -2.47. The number of primary amides is 1. The van der Waals surface area contributed by atoms with E-state index in [1.807, 2.05) is 67.7 Å². The predicted molar refractivity (Wildman–Crippen MR) is 105 cm³/mol. The highest BCUT2D eigenvalue weighted by molar-refractivity contribution is 5.91. The second kappa shape index (κ2) is 7.03. The van der Waals surface area contributed by atoms with Gasteiger partial charge in [-0.05, 0) is 36.3 Å². The van der Waals surface area contributed by atoms with E-state index in [1.165, 1.54) is 0 Å². The third-order valence-electron chi connectivity index (χ3n) is 6.08. The summed E-state index contributed by atoms with van der Waals surface area (Å²) < 4.78 is 4.32. The van der Waals surface area contributed by atoms with E-state index >= 15 is 0 Å². The molecule has 0 spiro atoms. The van der Waals surface area contributed by atoms with Crippen molar-refractivity contribution in [1.82, 2.24) is 4.57 Å². The van der Waals surface area contributed by atoms with Crippen molar-refractivity contribution in [2.75, 3.05) is 0 Å². The van der Waals surface area contributed by atoms with Gasteiger partial charge in [0.2, 0.25) is 12.2 Å². The van der Waals surface area contributed by atoms with E-state index in [-0.39, 0.29) is 11.8 Å². The quantitative estimate of drug-likeness (QED) is 0.698. The van der Waals surface area contributed by atoms with Gasteiger partial charge in [-0.15, -0.1) is 0 Å². The number of amides is 1. The molecular weight excluding hydrogens is 334 g/mol. The van der Waals surface area contributed by atoms with Crippen LogP contribution in [-0.2, 0) is 17.3 Å². The first kappa shape index (κ1) is 17.5. The molecule has 2 N–H and O–H groups in total. The first-order valence-electron chi connectivity index (χ1n) is 9.56. The van der Waals surface area contributed by atoms with E-state index in [0.717, 1.165) is 30.4 Å². The van der Waals surface area contributed by atoms with Crippen LogP contribution in [0.5, 0.6) is 0 Å². The number of aryl methyl sites for hydroxylation is 1. The number of hydrogen-bond donors (Lipinski definition) is 1. The Morgan fingerprint density at radius 1 is 1.04 bits per heavy atom. The van der Waals surface area contributed by atoms with Gasteiger partial charge < -0.3 is 5.73 Å². The first-order chi connectivity index (χ1) is 13.1. The maximum absolute atomic E-state index is 13.1. The Hall–Kier alpha value is -2.88. The number of aromatic nitrogens is 2. The molecule has 4 rings (SSSR count). The van der Waals surface area contributed by atoms with Gasteiger partial charge in [0.1, 0.15) is 23.9 Å². The van der Waals surface area contributed by atoms with E-state index in [0.29, 0.717) is 6.04 Å². The number of imidazole rings is 1. The Bertz CT molecular complexity index is 878. The van der Waals surface area contributed by atoms with Gasteiger partial charge in [-0.25, -0.2) is 9.13 Å². The number of nitrogens with zero attached hydrogens (tertiary/aromatic N) is 2. The zero-order valence-corrected chi connectivity index (χ0v) is 15.7. The first-order valence-corrected chi connectivity index (χ1v) is 9.56. The lowest BCUT2D eigenvalue weighted by molar-refractivity contribution is -0.671. The molecule has 4 nitrogen and oxygen atoms in total. The van der Waals surface area contributed by atoms with Crippen LogP contribution in [0.25, 0.3) is 0 Å². The van der Waals surface area contributed by atoms with Crippen LogP contribution in [0, 0.1) is 5.92 Å². The van der Waals surface area contributed by atoms with Crippen LogP contribution >= 0.6 is 0 Å². The summed E-state index contributed by atoms with van der Waals surface area (Å²) in [5.41, 5.74) is 7.34. The average Bonchev–Trinajstić information content (AvgIpc) is 3.33. The summed E-state index contributed by atoms with van der Waals surface area (Å²) in [7, 11) is 2.03. The fraction of sp³-hybridized carbons (Fsp3) is 0.304. The Morgan fingerprint density at radius 3 is 2.11 bits per heavy atom. The predicted octanol–water partition coefficient (Wildman–Crippen LogP) is 3.13. The normalized spacial score (nSPS) is 19.9. The summed E-state index contributed by atoms with van der Waals surface area (Å²) in [4.78, 5) is 13.1. The molecule has 1 aliphatic carbocycles. The van der Waals surface area contributed by atoms with Gasteiger partial charge in [0, 0.05) is 0 Å². The Labute approximate surface area is 160 Å². The summed E-state index contributed by atoms with van der Waals surface area (Å²) in [5, 5.41) is 0. The number of rotatable bonds is 5. The van der Waals surface area contributed by atoms with Gasteiger partial charge in [-0.1, -0.05) is 60.7 Å². The van der Waals surface area contributed by atoms with Gasteiger partial charge in [-0.2, -0.15) is 0 Å². The zero-order valence-electron chi connectivity index (χ0n) is 15.7. The van der Waals surface area contributed by atoms with Crippen LogP contribution in [0.15, 0.2) is 79.4 Å². The highest BCUT2D eigenvalue weighted by atomic mass is 16.1. The highest BCUT2D eigenvalue weighted by Gasteiger charge is 2.50. The van der Waals surface area contributed by atoms with Crippen molar-refractivity contribution in [2.24, 2.45) is 18.7 Å². The molecule has 1 fully saturated rings. The number of carbonyl (C=O) groups is 1. The molecule has 1 saturated carbocycles. The molecule has 27 heavy (non-hydrogen) atoms. The largest absolute Gasteiger partial charge is 0.369 e. The molecule has 3 aromatic rings. The Kier molecular flexibility index (Phi) is 4.56. The van der Waals surface area contributed by atoms with E-state index in [9.17, 15) is 4.79 Å². The van der Waals surface area contributed by atoms with Crippen molar-refractivity contribution in [3.8, 4) is 0 Å². The third-order valence-corrected chi connectivity index (χ3v) is 6.08. The van der Waals surface area contributed by atoms with E-state index in [4.69, 9.17) is 5.73 Å².